The van der Waals surface area contributed by atoms with E-state index in [0.717, 1.165) is 49.9 Å². The second kappa shape index (κ2) is 6.95. The van der Waals surface area contributed by atoms with E-state index in [1.54, 1.807) is 0 Å². The summed E-state index contributed by atoms with van der Waals surface area (Å²) in [4.78, 5) is 11.8. The van der Waals surface area contributed by atoms with Gasteiger partial charge in [0.2, 0.25) is 5.91 Å². The molecule has 2 fully saturated rings. The van der Waals surface area contributed by atoms with Gasteiger partial charge in [-0.1, -0.05) is 6.42 Å². The summed E-state index contributed by atoms with van der Waals surface area (Å²) in [5, 5.41) is 3.95. The summed E-state index contributed by atoms with van der Waals surface area (Å²) in [5.74, 6) is 1.36. The number of nitrogens with two attached hydrogens (primary N) is 1. The zero-order chi connectivity index (χ0) is 13.7. The van der Waals surface area contributed by atoms with Gasteiger partial charge in [-0.15, -0.1) is 0 Å². The van der Waals surface area contributed by atoms with Gasteiger partial charge in [0.15, 0.2) is 0 Å². The van der Waals surface area contributed by atoms with Crippen LogP contribution in [0.15, 0.2) is 0 Å². The highest BCUT2D eigenvalue weighted by atomic mass is 32.2. The average Bonchev–Trinajstić information content (AvgIpc) is 2.84. The second-order valence-electron chi connectivity index (χ2n) is 5.65. The molecular formula is C14H26N2O2S. The molecular weight excluding hydrogens is 260 g/mol. The van der Waals surface area contributed by atoms with Crippen LogP contribution in [0.3, 0.4) is 0 Å². The molecule has 19 heavy (non-hydrogen) atoms. The van der Waals surface area contributed by atoms with Gasteiger partial charge in [0.25, 0.3) is 0 Å². The molecule has 2 aliphatic rings. The lowest BCUT2D eigenvalue weighted by atomic mass is 9.84. The van der Waals surface area contributed by atoms with E-state index in [1.165, 1.54) is 12.8 Å². The van der Waals surface area contributed by atoms with Crippen LogP contribution in [0, 0.1) is 5.92 Å². The molecule has 1 saturated heterocycles. The van der Waals surface area contributed by atoms with E-state index < -0.39 is 5.54 Å². The van der Waals surface area contributed by atoms with Crippen LogP contribution in [-0.2, 0) is 9.53 Å². The molecule has 110 valence electrons. The molecule has 0 spiro atoms. The van der Waals surface area contributed by atoms with Gasteiger partial charge in [-0.3, -0.25) is 4.79 Å². The first-order valence-corrected chi connectivity index (χ1v) is 8.42. The van der Waals surface area contributed by atoms with Gasteiger partial charge < -0.3 is 15.8 Å². The van der Waals surface area contributed by atoms with Crippen LogP contribution < -0.4 is 11.1 Å². The Labute approximate surface area is 120 Å². The Hall–Kier alpha value is -0.260. The van der Waals surface area contributed by atoms with Gasteiger partial charge in [0.1, 0.15) is 5.54 Å². The van der Waals surface area contributed by atoms with Crippen molar-refractivity contribution < 1.29 is 9.53 Å². The van der Waals surface area contributed by atoms with Crippen LogP contribution in [0.2, 0.25) is 0 Å². The third kappa shape index (κ3) is 3.44. The normalized spacial score (nSPS) is 32.6. The van der Waals surface area contributed by atoms with Crippen molar-refractivity contribution >= 4 is 17.7 Å². The molecule has 4 nitrogen and oxygen atoms in total. The van der Waals surface area contributed by atoms with Crippen molar-refractivity contribution in [3.63, 3.8) is 0 Å². The summed E-state index contributed by atoms with van der Waals surface area (Å²) in [6.07, 6.45) is 6.55. The molecule has 2 unspecified atom stereocenters. The molecule has 0 aromatic rings. The van der Waals surface area contributed by atoms with E-state index in [0.29, 0.717) is 5.92 Å². The van der Waals surface area contributed by atoms with Gasteiger partial charge in [-0.2, -0.15) is 11.8 Å². The zero-order valence-corrected chi connectivity index (χ0v) is 12.6. The van der Waals surface area contributed by atoms with E-state index in [-0.39, 0.29) is 5.91 Å². The number of amides is 1. The van der Waals surface area contributed by atoms with Crippen LogP contribution in [0.25, 0.3) is 0 Å². The number of likely N-dealkylation sites (N-methyl/N-ethyl adjacent to an activating group) is 1. The molecule has 1 aliphatic carbocycles. The van der Waals surface area contributed by atoms with Crippen LogP contribution in [0.4, 0.5) is 0 Å². The van der Waals surface area contributed by atoms with Gasteiger partial charge >= 0.3 is 0 Å². The lowest BCUT2D eigenvalue weighted by molar-refractivity contribution is -0.125. The fourth-order valence-electron chi connectivity index (χ4n) is 3.46. The third-order valence-electron chi connectivity index (χ3n) is 4.69. The average molecular weight is 286 g/mol. The Morgan fingerprint density at radius 3 is 2.79 bits per heavy atom. The molecule has 0 radical (unpaired) electrons. The van der Waals surface area contributed by atoms with Crippen LogP contribution >= 0.6 is 11.8 Å². The fourth-order valence-corrected chi connectivity index (χ4v) is 4.74. The Balaban J connectivity index is 1.79. The number of primary amides is 1. The van der Waals surface area contributed by atoms with Gasteiger partial charge in [0.05, 0.1) is 0 Å². The molecule has 1 saturated carbocycles. The van der Waals surface area contributed by atoms with Gasteiger partial charge in [0, 0.05) is 18.5 Å². The minimum absolute atomic E-state index is 0.173. The summed E-state index contributed by atoms with van der Waals surface area (Å²) < 4.78 is 5.38. The maximum absolute atomic E-state index is 11.8. The Bertz CT molecular complexity index is 308. The maximum atomic E-state index is 11.8. The molecule has 2 atom stereocenters. The van der Waals surface area contributed by atoms with E-state index in [9.17, 15) is 4.79 Å². The summed E-state index contributed by atoms with van der Waals surface area (Å²) in [6.45, 7) is 1.81. The predicted octanol–water partition coefficient (Wildman–Crippen LogP) is 1.53. The van der Waals surface area contributed by atoms with E-state index in [4.69, 9.17) is 10.5 Å². The minimum atomic E-state index is -0.448. The van der Waals surface area contributed by atoms with Crippen LogP contribution in [0.5, 0.6) is 0 Å². The highest BCUT2D eigenvalue weighted by Gasteiger charge is 2.46. The minimum Gasteiger partial charge on any atom is -0.381 e. The lowest BCUT2D eigenvalue weighted by Crippen LogP contribution is -2.56. The number of hydrogen-bond donors (Lipinski definition) is 2. The van der Waals surface area contributed by atoms with E-state index in [1.807, 2.05) is 18.8 Å². The molecule has 0 bridgehead atoms. The maximum Gasteiger partial charge on any atom is 0.238 e. The third-order valence-corrected chi connectivity index (χ3v) is 6.11. The molecule has 5 heteroatoms. The SMILES string of the molecule is CNC1(C(N)=O)CCCC1CCSC1CCOCC1. The molecule has 1 aliphatic heterocycles. The molecule has 3 N–H and O–H groups in total. The van der Waals surface area contributed by atoms with E-state index >= 15 is 0 Å². The first kappa shape index (κ1) is 15.1. The number of ether oxygens (including phenoxy) is 1. The topological polar surface area (TPSA) is 64.3 Å². The van der Waals surface area contributed by atoms with E-state index in [2.05, 4.69) is 5.32 Å². The molecule has 0 aromatic carbocycles. The van der Waals surface area contributed by atoms with Crippen molar-refractivity contribution in [1.82, 2.24) is 5.32 Å². The Kier molecular flexibility index (Phi) is 5.54. The van der Waals surface area contributed by atoms with Crippen LogP contribution in [-0.4, -0.2) is 42.7 Å². The lowest BCUT2D eigenvalue weighted by Gasteiger charge is -2.32. The number of thioether (sulfide) groups is 1. The van der Waals surface area contributed by atoms with Crippen molar-refractivity contribution in [1.29, 1.82) is 0 Å². The summed E-state index contributed by atoms with van der Waals surface area (Å²) in [6, 6.07) is 0. The summed E-state index contributed by atoms with van der Waals surface area (Å²) in [7, 11) is 1.87. The van der Waals surface area contributed by atoms with Crippen LogP contribution in [0.1, 0.15) is 38.5 Å². The summed E-state index contributed by atoms with van der Waals surface area (Å²) >= 11 is 2.05. The number of hydrogen-bond acceptors (Lipinski definition) is 4. The van der Waals surface area contributed by atoms with Crippen molar-refractivity contribution in [2.45, 2.75) is 49.3 Å². The standard InChI is InChI=1S/C14H26N2O2S/c1-16-14(13(15)17)7-2-3-11(14)6-10-19-12-4-8-18-9-5-12/h11-12,16H,2-10H2,1H3,(H2,15,17). The highest BCUT2D eigenvalue weighted by Crippen LogP contribution is 2.38. The molecule has 1 amide bonds. The zero-order valence-electron chi connectivity index (χ0n) is 11.8. The van der Waals surface area contributed by atoms with Crippen molar-refractivity contribution in [3.8, 4) is 0 Å². The summed E-state index contributed by atoms with van der Waals surface area (Å²) in [5.41, 5.74) is 5.18. The quantitative estimate of drug-likeness (QED) is 0.777. The number of carbonyl (C=O) groups excluding carboxylic acids is 1. The predicted molar refractivity (Wildman–Crippen MR) is 79.2 cm³/mol. The number of carbonyl (C=O) groups is 1. The molecule has 0 aromatic heterocycles. The number of rotatable bonds is 6. The Morgan fingerprint density at radius 1 is 1.42 bits per heavy atom. The first-order chi connectivity index (χ1) is 9.19. The number of nitrogens with one attached hydrogen (secondary N) is 1. The monoisotopic (exact) mass is 286 g/mol. The van der Waals surface area contributed by atoms with Crippen molar-refractivity contribution in [2.75, 3.05) is 26.0 Å². The highest BCUT2D eigenvalue weighted by molar-refractivity contribution is 7.99. The van der Waals surface area contributed by atoms with Gasteiger partial charge in [-0.05, 0) is 50.8 Å². The fraction of sp³-hybridized carbons (Fsp3) is 0.929. The largest absolute Gasteiger partial charge is 0.381 e. The van der Waals surface area contributed by atoms with Crippen molar-refractivity contribution in [2.24, 2.45) is 11.7 Å². The Morgan fingerprint density at radius 2 is 2.16 bits per heavy atom. The first-order valence-electron chi connectivity index (χ1n) is 7.37. The molecule has 2 rings (SSSR count). The molecule has 1 heterocycles. The van der Waals surface area contributed by atoms with Crippen molar-refractivity contribution in [3.05, 3.63) is 0 Å². The smallest absolute Gasteiger partial charge is 0.238 e. The second-order valence-corrected chi connectivity index (χ2v) is 7.05. The van der Waals surface area contributed by atoms with Gasteiger partial charge in [-0.25, -0.2) is 0 Å².